The number of ether oxygens (including phenoxy) is 1. The number of carbonyl (C=O) groups is 5. The zero-order valence-electron chi connectivity index (χ0n) is 19.7. The standard InChI is InChI=1S/C20H28F6N4O6/c1-18(2,3)7-12(30-17(35)16(34)28-9-19(21,22)23)15(33)29-11(6-10-4-5-27-14(10)32)13(31)8-36-20(24,25)26/h10-12H,4-9H2,1-3H3,(H,27,32)(H,28,34)(H,29,33)(H,30,35)/t10-,11?,12?/m0/s1. The summed E-state index contributed by atoms with van der Waals surface area (Å²) in [5.41, 5.74) is -0.692. The average molecular weight is 534 g/mol. The molecule has 16 heteroatoms. The third-order valence-electron chi connectivity index (χ3n) is 4.86. The molecule has 4 N–H and O–H groups in total. The summed E-state index contributed by atoms with van der Waals surface area (Å²) in [4.78, 5) is 61.0. The van der Waals surface area contributed by atoms with Crippen LogP contribution in [0, 0.1) is 11.3 Å². The minimum Gasteiger partial charge on any atom is -0.356 e. The maximum absolute atomic E-state index is 12.9. The molecule has 1 heterocycles. The second-order valence-electron chi connectivity index (χ2n) is 9.36. The molecule has 0 aliphatic carbocycles. The zero-order valence-corrected chi connectivity index (χ0v) is 19.7. The topological polar surface area (TPSA) is 143 Å². The Balaban J connectivity index is 3.02. The fourth-order valence-electron chi connectivity index (χ4n) is 3.26. The van der Waals surface area contributed by atoms with Gasteiger partial charge in [0, 0.05) is 12.5 Å². The van der Waals surface area contributed by atoms with Crippen LogP contribution in [0.15, 0.2) is 0 Å². The van der Waals surface area contributed by atoms with Crippen molar-refractivity contribution >= 4 is 29.4 Å². The van der Waals surface area contributed by atoms with E-state index in [1.54, 1.807) is 20.8 Å². The van der Waals surface area contributed by atoms with Gasteiger partial charge >= 0.3 is 24.4 Å². The number of Topliss-reactive ketones (excluding diaryl/α,β-unsaturated/α-hetero) is 1. The molecule has 1 aliphatic rings. The van der Waals surface area contributed by atoms with Crippen molar-refractivity contribution in [2.45, 2.75) is 64.7 Å². The van der Waals surface area contributed by atoms with Gasteiger partial charge in [-0.1, -0.05) is 20.8 Å². The van der Waals surface area contributed by atoms with Crippen molar-refractivity contribution in [2.24, 2.45) is 11.3 Å². The lowest BCUT2D eigenvalue weighted by atomic mass is 9.87. The summed E-state index contributed by atoms with van der Waals surface area (Å²) in [6.07, 6.45) is -10.2. The molecule has 10 nitrogen and oxygen atoms in total. The molecule has 0 radical (unpaired) electrons. The van der Waals surface area contributed by atoms with Gasteiger partial charge in [-0.2, -0.15) is 13.2 Å². The molecule has 0 aromatic rings. The number of hydrogen-bond acceptors (Lipinski definition) is 6. The molecule has 3 atom stereocenters. The van der Waals surface area contributed by atoms with Crippen LogP contribution in [0.5, 0.6) is 0 Å². The van der Waals surface area contributed by atoms with Gasteiger partial charge in [-0.3, -0.25) is 28.7 Å². The van der Waals surface area contributed by atoms with E-state index in [1.807, 2.05) is 5.32 Å². The molecule has 4 amide bonds. The summed E-state index contributed by atoms with van der Waals surface area (Å²) in [6.45, 7) is 1.89. The third kappa shape index (κ3) is 12.2. The molecular weight excluding hydrogens is 506 g/mol. The summed E-state index contributed by atoms with van der Waals surface area (Å²) in [5.74, 6) is -6.81. The van der Waals surface area contributed by atoms with E-state index in [-0.39, 0.29) is 25.8 Å². The van der Waals surface area contributed by atoms with Gasteiger partial charge in [0.15, 0.2) is 5.78 Å². The Morgan fingerprint density at radius 2 is 1.61 bits per heavy atom. The molecule has 0 saturated carbocycles. The molecule has 1 fully saturated rings. The molecular formula is C20H28F6N4O6. The van der Waals surface area contributed by atoms with Gasteiger partial charge in [0.25, 0.3) is 0 Å². The van der Waals surface area contributed by atoms with E-state index >= 15 is 0 Å². The Hall–Kier alpha value is -2.91. The van der Waals surface area contributed by atoms with Crippen molar-refractivity contribution in [2.75, 3.05) is 19.7 Å². The highest BCUT2D eigenvalue weighted by Crippen LogP contribution is 2.23. The average Bonchev–Trinajstić information content (AvgIpc) is 3.11. The van der Waals surface area contributed by atoms with Crippen molar-refractivity contribution in [3.63, 3.8) is 0 Å². The van der Waals surface area contributed by atoms with E-state index in [0.717, 1.165) is 0 Å². The lowest BCUT2D eigenvalue weighted by Gasteiger charge is -2.28. The summed E-state index contributed by atoms with van der Waals surface area (Å²) in [5, 5.41) is 7.99. The lowest BCUT2D eigenvalue weighted by Crippen LogP contribution is -2.56. The Kier molecular flexibility index (Phi) is 10.7. The Morgan fingerprint density at radius 1 is 1.00 bits per heavy atom. The Morgan fingerprint density at radius 3 is 2.08 bits per heavy atom. The van der Waals surface area contributed by atoms with Crippen molar-refractivity contribution in [3.05, 3.63) is 0 Å². The van der Waals surface area contributed by atoms with Gasteiger partial charge in [-0.25, -0.2) is 0 Å². The van der Waals surface area contributed by atoms with Gasteiger partial charge in [0.2, 0.25) is 11.8 Å². The maximum atomic E-state index is 12.9. The van der Waals surface area contributed by atoms with Crippen molar-refractivity contribution in [1.82, 2.24) is 21.3 Å². The monoisotopic (exact) mass is 534 g/mol. The lowest BCUT2D eigenvalue weighted by molar-refractivity contribution is -0.321. The van der Waals surface area contributed by atoms with Crippen LogP contribution in [0.2, 0.25) is 0 Å². The number of rotatable bonds is 10. The predicted molar refractivity (Wildman–Crippen MR) is 110 cm³/mol. The van der Waals surface area contributed by atoms with Crippen LogP contribution in [0.1, 0.15) is 40.0 Å². The van der Waals surface area contributed by atoms with Crippen molar-refractivity contribution in [3.8, 4) is 0 Å². The van der Waals surface area contributed by atoms with E-state index in [1.165, 1.54) is 5.32 Å². The van der Waals surface area contributed by atoms with Gasteiger partial charge < -0.3 is 21.3 Å². The minimum atomic E-state index is -5.14. The summed E-state index contributed by atoms with van der Waals surface area (Å²) in [6, 6.07) is -3.17. The van der Waals surface area contributed by atoms with Crippen LogP contribution >= 0.6 is 0 Å². The van der Waals surface area contributed by atoms with Crippen LogP contribution in [-0.4, -0.2) is 73.7 Å². The highest BCUT2D eigenvalue weighted by atomic mass is 19.4. The van der Waals surface area contributed by atoms with Gasteiger partial charge in [0.05, 0.1) is 6.04 Å². The smallest absolute Gasteiger partial charge is 0.356 e. The van der Waals surface area contributed by atoms with E-state index in [2.05, 4.69) is 15.4 Å². The largest absolute Gasteiger partial charge is 0.522 e. The normalized spacial score (nSPS) is 18.1. The van der Waals surface area contributed by atoms with Crippen molar-refractivity contribution < 1.29 is 55.1 Å². The number of alkyl halides is 6. The molecule has 0 bridgehead atoms. The number of amides is 4. The van der Waals surface area contributed by atoms with E-state index in [0.29, 0.717) is 0 Å². The first-order valence-electron chi connectivity index (χ1n) is 10.7. The highest BCUT2D eigenvalue weighted by Gasteiger charge is 2.37. The number of halogens is 6. The molecule has 1 saturated heterocycles. The first-order chi connectivity index (χ1) is 16.3. The molecule has 206 valence electrons. The van der Waals surface area contributed by atoms with Crippen LogP contribution in [0.25, 0.3) is 0 Å². The van der Waals surface area contributed by atoms with Crippen molar-refractivity contribution in [1.29, 1.82) is 0 Å². The highest BCUT2D eigenvalue weighted by molar-refractivity contribution is 6.35. The number of hydrogen-bond donors (Lipinski definition) is 4. The summed E-state index contributed by atoms with van der Waals surface area (Å²) >= 11 is 0. The number of nitrogens with one attached hydrogen (secondary N) is 4. The minimum absolute atomic E-state index is 0.166. The van der Waals surface area contributed by atoms with E-state index < -0.39 is 78.5 Å². The fourth-order valence-corrected chi connectivity index (χ4v) is 3.26. The molecule has 0 spiro atoms. The predicted octanol–water partition coefficient (Wildman–Crippen LogP) is 0.702. The molecule has 0 aromatic heterocycles. The first-order valence-corrected chi connectivity index (χ1v) is 10.7. The van der Waals surface area contributed by atoms with Crippen LogP contribution in [0.4, 0.5) is 26.3 Å². The third-order valence-corrected chi connectivity index (χ3v) is 4.86. The van der Waals surface area contributed by atoms with Crippen LogP contribution < -0.4 is 21.3 Å². The quantitative estimate of drug-likeness (QED) is 0.240. The SMILES string of the molecule is CC(C)(C)CC(NC(=O)C(=O)NCC(F)(F)F)C(=O)NC(C[C@@H]1CCNC1=O)C(=O)COC(F)(F)F. The fraction of sp³-hybridized carbons (Fsp3) is 0.750. The zero-order chi connectivity index (χ0) is 27.9. The molecule has 2 unspecified atom stereocenters. The second kappa shape index (κ2) is 12.4. The Labute approximate surface area is 202 Å². The Bertz CT molecular complexity index is 840. The summed E-state index contributed by atoms with van der Waals surface area (Å²) in [7, 11) is 0. The number of carbonyl (C=O) groups excluding carboxylic acids is 5. The van der Waals surface area contributed by atoms with E-state index in [4.69, 9.17) is 0 Å². The van der Waals surface area contributed by atoms with Gasteiger partial charge in [-0.05, 0) is 24.7 Å². The van der Waals surface area contributed by atoms with Gasteiger partial charge in [-0.15, -0.1) is 13.2 Å². The summed E-state index contributed by atoms with van der Waals surface area (Å²) < 4.78 is 77.6. The number of ketones is 1. The second-order valence-corrected chi connectivity index (χ2v) is 9.36. The molecule has 36 heavy (non-hydrogen) atoms. The molecule has 1 aliphatic heterocycles. The van der Waals surface area contributed by atoms with Gasteiger partial charge in [0.1, 0.15) is 19.2 Å². The van der Waals surface area contributed by atoms with Crippen LogP contribution in [0.3, 0.4) is 0 Å². The maximum Gasteiger partial charge on any atom is 0.522 e. The molecule has 0 aromatic carbocycles. The first kappa shape index (κ1) is 31.1. The van der Waals surface area contributed by atoms with Crippen LogP contribution in [-0.2, 0) is 28.7 Å². The molecule has 1 rings (SSSR count). The van der Waals surface area contributed by atoms with E-state index in [9.17, 15) is 50.3 Å².